The number of hydrogen-bond donors (Lipinski definition) is 1. The molecule has 3 rings (SSSR count). The Bertz CT molecular complexity index is 995. The van der Waals surface area contributed by atoms with E-state index in [0.29, 0.717) is 21.9 Å². The van der Waals surface area contributed by atoms with E-state index in [1.165, 1.54) is 14.0 Å². The van der Waals surface area contributed by atoms with Crippen molar-refractivity contribution in [1.82, 2.24) is 0 Å². The van der Waals surface area contributed by atoms with Gasteiger partial charge < -0.3 is 9.84 Å². The van der Waals surface area contributed by atoms with E-state index in [0.717, 1.165) is 0 Å². The van der Waals surface area contributed by atoms with Crippen molar-refractivity contribution < 1.29 is 24.2 Å². The summed E-state index contributed by atoms with van der Waals surface area (Å²) < 4.78 is 5.39. The molecule has 2 aromatic rings. The van der Waals surface area contributed by atoms with Crippen LogP contribution in [-0.2, 0) is 10.2 Å². The van der Waals surface area contributed by atoms with Crippen molar-refractivity contribution in [3.8, 4) is 11.5 Å². The summed E-state index contributed by atoms with van der Waals surface area (Å²) in [5.41, 5.74) is -1.22. The molecule has 0 bridgehead atoms. The van der Waals surface area contributed by atoms with E-state index in [9.17, 15) is 19.5 Å². The molecule has 26 heavy (non-hydrogen) atoms. The van der Waals surface area contributed by atoms with Crippen molar-refractivity contribution in [3.63, 3.8) is 0 Å². The second-order valence-electron chi connectivity index (χ2n) is 7.86. The maximum absolute atomic E-state index is 13.0. The number of ether oxygens (including phenoxy) is 1. The number of benzene rings is 2. The van der Waals surface area contributed by atoms with Crippen LogP contribution in [0, 0.1) is 5.41 Å². The van der Waals surface area contributed by atoms with Crippen LogP contribution in [0.1, 0.15) is 60.9 Å². The van der Waals surface area contributed by atoms with Gasteiger partial charge in [-0.3, -0.25) is 14.4 Å². The van der Waals surface area contributed by atoms with Crippen molar-refractivity contribution >= 4 is 28.1 Å². The summed E-state index contributed by atoms with van der Waals surface area (Å²) in [7, 11) is 1.42. The van der Waals surface area contributed by atoms with Crippen LogP contribution >= 0.6 is 0 Å². The first-order valence-electron chi connectivity index (χ1n) is 8.44. The van der Waals surface area contributed by atoms with Gasteiger partial charge in [0.05, 0.1) is 34.5 Å². The molecule has 5 heteroatoms. The van der Waals surface area contributed by atoms with Gasteiger partial charge in [-0.1, -0.05) is 6.07 Å². The minimum atomic E-state index is -1.24. The van der Waals surface area contributed by atoms with Gasteiger partial charge in [-0.2, -0.15) is 0 Å². The van der Waals surface area contributed by atoms with E-state index in [2.05, 4.69) is 0 Å². The Labute approximate surface area is 152 Å². The summed E-state index contributed by atoms with van der Waals surface area (Å²) in [6, 6.07) is 5.06. The van der Waals surface area contributed by atoms with E-state index in [1.54, 1.807) is 45.9 Å². The molecule has 1 aliphatic carbocycles. The fraction of sp³-hybridized carbons (Fsp3) is 0.381. The molecule has 0 amide bonds. The predicted molar refractivity (Wildman–Crippen MR) is 98.3 cm³/mol. The van der Waals surface area contributed by atoms with Gasteiger partial charge in [0.2, 0.25) is 0 Å². The molecule has 0 aliphatic heterocycles. The first-order valence-corrected chi connectivity index (χ1v) is 8.44. The zero-order valence-corrected chi connectivity index (χ0v) is 15.8. The van der Waals surface area contributed by atoms with Crippen molar-refractivity contribution in [1.29, 1.82) is 0 Å². The lowest BCUT2D eigenvalue weighted by atomic mass is 9.60. The predicted octanol–water partition coefficient (Wildman–Crippen LogP) is 3.83. The molecular weight excluding hydrogens is 332 g/mol. The van der Waals surface area contributed by atoms with Gasteiger partial charge in [-0.25, -0.2) is 0 Å². The van der Waals surface area contributed by atoms with E-state index < -0.39 is 16.6 Å². The molecule has 0 heterocycles. The molecular formula is C21H22O5. The summed E-state index contributed by atoms with van der Waals surface area (Å²) in [4.78, 5) is 37.8. The number of hydrogen-bond acceptors (Lipinski definition) is 5. The number of phenolic OH excluding ortho intramolecular Hbond substituents is 1. The molecule has 1 aliphatic rings. The summed E-state index contributed by atoms with van der Waals surface area (Å²) >= 11 is 0. The Kier molecular flexibility index (Phi) is 3.76. The largest absolute Gasteiger partial charge is 0.506 e. The number of methoxy groups -OCH3 is 1. The highest BCUT2D eigenvalue weighted by molar-refractivity contribution is 6.24. The molecule has 5 nitrogen and oxygen atoms in total. The Balaban J connectivity index is 2.52. The van der Waals surface area contributed by atoms with Crippen molar-refractivity contribution in [2.75, 3.05) is 7.11 Å². The van der Waals surface area contributed by atoms with Crippen LogP contribution in [0.3, 0.4) is 0 Å². The van der Waals surface area contributed by atoms with Gasteiger partial charge >= 0.3 is 0 Å². The smallest absolute Gasteiger partial charge is 0.179 e. The minimum absolute atomic E-state index is 0.131. The van der Waals surface area contributed by atoms with Crippen LogP contribution in [0.15, 0.2) is 18.2 Å². The quantitative estimate of drug-likeness (QED) is 0.655. The van der Waals surface area contributed by atoms with Crippen LogP contribution in [0.25, 0.3) is 10.8 Å². The van der Waals surface area contributed by atoms with Gasteiger partial charge in [0.1, 0.15) is 11.5 Å². The van der Waals surface area contributed by atoms with E-state index in [-0.39, 0.29) is 28.6 Å². The monoisotopic (exact) mass is 354 g/mol. The summed E-state index contributed by atoms with van der Waals surface area (Å²) in [6.07, 6.45) is 0. The third-order valence-corrected chi connectivity index (χ3v) is 5.42. The fourth-order valence-corrected chi connectivity index (χ4v) is 3.97. The number of phenols is 1. The Morgan fingerprint density at radius 3 is 2.23 bits per heavy atom. The minimum Gasteiger partial charge on any atom is -0.506 e. The molecule has 0 saturated heterocycles. The summed E-state index contributed by atoms with van der Waals surface area (Å²) in [5.74, 6) is -0.824. The number of Topliss-reactive ketones (excluding diaryl/α,β-unsaturated/α-hetero) is 3. The van der Waals surface area contributed by atoms with E-state index >= 15 is 0 Å². The maximum atomic E-state index is 13.0. The summed E-state index contributed by atoms with van der Waals surface area (Å²) in [6.45, 7) is 8.09. The number of fused-ring (bicyclic) bond motifs is 2. The zero-order valence-electron chi connectivity index (χ0n) is 15.8. The molecule has 0 atom stereocenters. The first kappa shape index (κ1) is 18.1. The number of carbonyl (C=O) groups excluding carboxylic acids is 3. The molecule has 0 unspecified atom stereocenters. The van der Waals surface area contributed by atoms with Crippen molar-refractivity contribution in [2.24, 2.45) is 5.41 Å². The lowest BCUT2D eigenvalue weighted by molar-refractivity contribution is -0.130. The average molecular weight is 354 g/mol. The van der Waals surface area contributed by atoms with Crippen molar-refractivity contribution in [3.05, 3.63) is 34.9 Å². The van der Waals surface area contributed by atoms with Gasteiger partial charge in [-0.15, -0.1) is 0 Å². The van der Waals surface area contributed by atoms with Gasteiger partial charge in [0.15, 0.2) is 17.3 Å². The van der Waals surface area contributed by atoms with Crippen LogP contribution in [0.4, 0.5) is 0 Å². The highest BCUT2D eigenvalue weighted by atomic mass is 16.5. The average Bonchev–Trinajstić information content (AvgIpc) is 2.57. The van der Waals surface area contributed by atoms with Gasteiger partial charge in [0, 0.05) is 0 Å². The normalized spacial score (nSPS) is 17.9. The second kappa shape index (κ2) is 5.40. The highest BCUT2D eigenvalue weighted by Gasteiger charge is 2.52. The second-order valence-corrected chi connectivity index (χ2v) is 7.86. The van der Waals surface area contributed by atoms with Crippen LogP contribution in [-0.4, -0.2) is 29.6 Å². The summed E-state index contributed by atoms with van der Waals surface area (Å²) in [5, 5.41) is 11.9. The van der Waals surface area contributed by atoms with Gasteiger partial charge in [-0.05, 0) is 57.7 Å². The first-order chi connectivity index (χ1) is 12.0. The maximum Gasteiger partial charge on any atom is 0.179 e. The molecule has 1 N–H and O–H groups in total. The van der Waals surface area contributed by atoms with Crippen LogP contribution in [0.5, 0.6) is 11.5 Å². The molecule has 0 spiro atoms. The third-order valence-electron chi connectivity index (χ3n) is 5.42. The molecule has 0 saturated carbocycles. The highest BCUT2D eigenvalue weighted by Crippen LogP contribution is 2.49. The molecule has 0 fully saturated rings. The topological polar surface area (TPSA) is 80.7 Å². The number of aromatic hydroxyl groups is 1. The van der Waals surface area contributed by atoms with Crippen LogP contribution in [0.2, 0.25) is 0 Å². The van der Waals surface area contributed by atoms with E-state index in [4.69, 9.17) is 4.74 Å². The Hall–Kier alpha value is -2.69. The lowest BCUT2D eigenvalue weighted by Gasteiger charge is -2.39. The fourth-order valence-electron chi connectivity index (χ4n) is 3.97. The molecule has 0 radical (unpaired) electrons. The number of carbonyl (C=O) groups is 3. The standard InChI is InChI=1S/C21H22O5/c1-10(22)12-8-7-11-9-13-15(16(23)14(11)17(12)26-6)18(24)21(4,5)19(25)20(13,2)3/h7-9,23H,1-6H3. The number of rotatable bonds is 2. The van der Waals surface area contributed by atoms with E-state index in [1.807, 2.05) is 0 Å². The SMILES string of the molecule is COc1c(C(C)=O)ccc2cc3c(c(O)c12)C(=O)C(C)(C)C(=O)C3(C)C. The third kappa shape index (κ3) is 2.13. The lowest BCUT2D eigenvalue weighted by Crippen LogP contribution is -2.49. The molecule has 2 aromatic carbocycles. The Morgan fingerprint density at radius 2 is 1.69 bits per heavy atom. The van der Waals surface area contributed by atoms with Crippen molar-refractivity contribution in [2.45, 2.75) is 40.0 Å². The molecule has 0 aromatic heterocycles. The van der Waals surface area contributed by atoms with Crippen LogP contribution < -0.4 is 4.74 Å². The molecule has 136 valence electrons. The number of ketones is 3. The zero-order chi connectivity index (χ0) is 19.6. The Morgan fingerprint density at radius 1 is 1.08 bits per heavy atom. The van der Waals surface area contributed by atoms with Gasteiger partial charge in [0.25, 0.3) is 0 Å².